The summed E-state index contributed by atoms with van der Waals surface area (Å²) in [6, 6.07) is 16.0. The highest BCUT2D eigenvalue weighted by Crippen LogP contribution is 2.29. The van der Waals surface area contributed by atoms with E-state index in [1.54, 1.807) is 21.3 Å². The van der Waals surface area contributed by atoms with Crippen LogP contribution in [0.25, 0.3) is 5.69 Å². The van der Waals surface area contributed by atoms with Crippen LogP contribution in [-0.4, -0.2) is 37.0 Å². The van der Waals surface area contributed by atoms with E-state index in [4.69, 9.17) is 9.47 Å². The van der Waals surface area contributed by atoms with Gasteiger partial charge in [0.05, 0.1) is 31.6 Å². The number of nitrogens with one attached hydrogen (secondary N) is 2. The first-order valence-electron chi connectivity index (χ1n) is 10.3. The van der Waals surface area contributed by atoms with Gasteiger partial charge in [-0.1, -0.05) is 18.2 Å². The Hall–Kier alpha value is -3.48. The van der Waals surface area contributed by atoms with Crippen LogP contribution in [0.3, 0.4) is 0 Å². The molecule has 7 heteroatoms. The van der Waals surface area contributed by atoms with Crippen molar-refractivity contribution in [1.29, 1.82) is 0 Å². The lowest BCUT2D eigenvalue weighted by Gasteiger charge is -2.21. The van der Waals surface area contributed by atoms with Crippen molar-refractivity contribution in [1.82, 2.24) is 20.4 Å². The number of hydrogen-bond acceptors (Lipinski definition) is 4. The van der Waals surface area contributed by atoms with Crippen molar-refractivity contribution in [2.24, 2.45) is 4.99 Å². The fourth-order valence-corrected chi connectivity index (χ4v) is 3.57. The lowest BCUT2D eigenvalue weighted by Crippen LogP contribution is -2.38. The summed E-state index contributed by atoms with van der Waals surface area (Å²) in [5, 5.41) is 11.5. The maximum absolute atomic E-state index is 5.52. The fourth-order valence-electron chi connectivity index (χ4n) is 3.57. The van der Waals surface area contributed by atoms with Gasteiger partial charge in [0.1, 0.15) is 11.5 Å². The van der Waals surface area contributed by atoms with E-state index in [-0.39, 0.29) is 6.04 Å². The lowest BCUT2D eigenvalue weighted by molar-refractivity contribution is 0.394. The Morgan fingerprint density at radius 3 is 2.52 bits per heavy atom. The molecule has 31 heavy (non-hydrogen) atoms. The van der Waals surface area contributed by atoms with Gasteiger partial charge in [0.25, 0.3) is 0 Å². The smallest absolute Gasteiger partial charge is 0.191 e. The summed E-state index contributed by atoms with van der Waals surface area (Å²) in [7, 11) is 5.09. The molecule has 2 N–H and O–H groups in total. The molecule has 0 amide bonds. The maximum atomic E-state index is 5.52. The Balaban J connectivity index is 1.75. The molecule has 164 valence electrons. The van der Waals surface area contributed by atoms with Crippen LogP contribution < -0.4 is 20.1 Å². The molecule has 0 radical (unpaired) electrons. The van der Waals surface area contributed by atoms with Crippen LogP contribution in [0.15, 0.2) is 53.5 Å². The van der Waals surface area contributed by atoms with Gasteiger partial charge in [-0.15, -0.1) is 0 Å². The lowest BCUT2D eigenvalue weighted by atomic mass is 10.1. The molecule has 0 aliphatic heterocycles. The second kappa shape index (κ2) is 10.0. The van der Waals surface area contributed by atoms with Gasteiger partial charge in [-0.25, -0.2) is 4.68 Å². The molecule has 1 heterocycles. The molecule has 1 atom stereocenters. The number of benzene rings is 2. The van der Waals surface area contributed by atoms with Gasteiger partial charge in [-0.3, -0.25) is 4.99 Å². The fraction of sp³-hybridized carbons (Fsp3) is 0.333. The summed E-state index contributed by atoms with van der Waals surface area (Å²) in [4.78, 5) is 4.39. The van der Waals surface area contributed by atoms with Crippen molar-refractivity contribution in [2.45, 2.75) is 33.4 Å². The number of aliphatic imine (C=N–C) groups is 1. The zero-order valence-electron chi connectivity index (χ0n) is 19.1. The largest absolute Gasteiger partial charge is 0.497 e. The summed E-state index contributed by atoms with van der Waals surface area (Å²) in [5.74, 6) is 2.28. The van der Waals surface area contributed by atoms with Crippen LogP contribution in [0.5, 0.6) is 11.5 Å². The van der Waals surface area contributed by atoms with Crippen LogP contribution in [0.2, 0.25) is 0 Å². The Morgan fingerprint density at radius 1 is 1.10 bits per heavy atom. The predicted molar refractivity (Wildman–Crippen MR) is 124 cm³/mol. The van der Waals surface area contributed by atoms with Crippen LogP contribution >= 0.6 is 0 Å². The van der Waals surface area contributed by atoms with Crippen molar-refractivity contribution in [3.05, 3.63) is 71.0 Å². The van der Waals surface area contributed by atoms with Crippen LogP contribution in [0.1, 0.15) is 35.5 Å². The van der Waals surface area contributed by atoms with E-state index in [9.17, 15) is 0 Å². The maximum Gasteiger partial charge on any atom is 0.191 e. The molecule has 0 saturated heterocycles. The van der Waals surface area contributed by atoms with E-state index in [2.05, 4.69) is 52.8 Å². The highest BCUT2D eigenvalue weighted by Gasteiger charge is 2.15. The van der Waals surface area contributed by atoms with Crippen molar-refractivity contribution in [2.75, 3.05) is 21.3 Å². The predicted octanol–water partition coefficient (Wildman–Crippen LogP) is 3.93. The Labute approximate surface area is 184 Å². The van der Waals surface area contributed by atoms with Crippen LogP contribution in [0, 0.1) is 13.8 Å². The topological polar surface area (TPSA) is 72.7 Å². The summed E-state index contributed by atoms with van der Waals surface area (Å²) in [6.07, 6.45) is 0. The van der Waals surface area contributed by atoms with Gasteiger partial charge in [0.2, 0.25) is 0 Å². The Morgan fingerprint density at radius 2 is 1.87 bits per heavy atom. The number of guanidine groups is 1. The first kappa shape index (κ1) is 22.2. The molecular formula is C24H31N5O2. The summed E-state index contributed by atoms with van der Waals surface area (Å²) in [5.41, 5.74) is 5.28. The molecule has 2 aromatic carbocycles. The van der Waals surface area contributed by atoms with Gasteiger partial charge >= 0.3 is 0 Å². The number of methoxy groups -OCH3 is 2. The van der Waals surface area contributed by atoms with E-state index in [1.165, 1.54) is 0 Å². The molecule has 0 aliphatic carbocycles. The molecule has 7 nitrogen and oxygen atoms in total. The molecule has 0 fully saturated rings. The number of aromatic nitrogens is 2. The number of rotatable bonds is 7. The van der Waals surface area contributed by atoms with Crippen molar-refractivity contribution in [3.63, 3.8) is 0 Å². The van der Waals surface area contributed by atoms with Crippen molar-refractivity contribution >= 4 is 5.96 Å². The second-order valence-electron chi connectivity index (χ2n) is 7.37. The van der Waals surface area contributed by atoms with E-state index in [0.29, 0.717) is 12.5 Å². The third kappa shape index (κ3) is 5.17. The van der Waals surface area contributed by atoms with Gasteiger partial charge in [0.15, 0.2) is 5.96 Å². The first-order chi connectivity index (χ1) is 15.0. The first-order valence-corrected chi connectivity index (χ1v) is 10.3. The number of aryl methyl sites for hydroxylation is 2. The summed E-state index contributed by atoms with van der Waals surface area (Å²) in [6.45, 7) is 6.74. The molecule has 0 spiro atoms. The van der Waals surface area contributed by atoms with Gasteiger partial charge < -0.3 is 20.1 Å². The SMILES string of the molecule is CN=C(NCc1ccccc1-n1nc(C)cc1C)NC(C)c1cc(OC)ccc1OC. The monoisotopic (exact) mass is 421 g/mol. The van der Waals surface area contributed by atoms with Gasteiger partial charge in [0, 0.05) is 24.8 Å². The molecule has 1 aromatic heterocycles. The Kier molecular flexibility index (Phi) is 7.18. The van der Waals surface area contributed by atoms with Crippen LogP contribution in [0.4, 0.5) is 0 Å². The molecule has 0 aliphatic rings. The third-order valence-electron chi connectivity index (χ3n) is 5.16. The quantitative estimate of drug-likeness (QED) is 0.447. The summed E-state index contributed by atoms with van der Waals surface area (Å²) >= 11 is 0. The average Bonchev–Trinajstić information content (AvgIpc) is 3.13. The average molecular weight is 422 g/mol. The highest BCUT2D eigenvalue weighted by molar-refractivity contribution is 5.80. The normalized spacial score (nSPS) is 12.4. The molecule has 0 bridgehead atoms. The highest BCUT2D eigenvalue weighted by atomic mass is 16.5. The third-order valence-corrected chi connectivity index (χ3v) is 5.16. The van der Waals surface area contributed by atoms with Crippen molar-refractivity contribution in [3.8, 4) is 17.2 Å². The minimum atomic E-state index is -0.0393. The number of ether oxygens (including phenoxy) is 2. The van der Waals surface area contributed by atoms with Crippen LogP contribution in [-0.2, 0) is 6.54 Å². The summed E-state index contributed by atoms with van der Waals surface area (Å²) < 4.78 is 12.9. The molecule has 3 rings (SSSR count). The van der Waals surface area contributed by atoms with E-state index in [0.717, 1.165) is 39.7 Å². The number of hydrogen-bond donors (Lipinski definition) is 2. The zero-order chi connectivity index (χ0) is 22.4. The van der Waals surface area contributed by atoms with Gasteiger partial charge in [-0.05, 0) is 56.7 Å². The standard InChI is InChI=1S/C24H31N5O2/c1-16-13-17(2)29(28-16)22-10-8-7-9-19(22)15-26-24(25-4)27-18(3)21-14-20(30-5)11-12-23(21)31-6/h7-14,18H,15H2,1-6H3,(H2,25,26,27). The molecule has 3 aromatic rings. The minimum absolute atomic E-state index is 0.0393. The van der Waals surface area contributed by atoms with Gasteiger partial charge in [-0.2, -0.15) is 5.10 Å². The van der Waals surface area contributed by atoms with E-state index >= 15 is 0 Å². The molecule has 0 saturated carbocycles. The van der Waals surface area contributed by atoms with E-state index < -0.39 is 0 Å². The minimum Gasteiger partial charge on any atom is -0.497 e. The molecular weight excluding hydrogens is 390 g/mol. The number of para-hydroxylation sites is 1. The van der Waals surface area contributed by atoms with Crippen molar-refractivity contribution < 1.29 is 9.47 Å². The number of nitrogens with zero attached hydrogens (tertiary/aromatic N) is 3. The molecule has 1 unspecified atom stereocenters. The second-order valence-corrected chi connectivity index (χ2v) is 7.37. The van der Waals surface area contributed by atoms with E-state index in [1.807, 2.05) is 41.9 Å². The zero-order valence-corrected chi connectivity index (χ0v) is 19.1. The Bertz CT molecular complexity index is 1060.